The van der Waals surface area contributed by atoms with Gasteiger partial charge in [0, 0.05) is 12.6 Å². The van der Waals surface area contributed by atoms with Gasteiger partial charge in [0.05, 0.1) is 19.4 Å². The second kappa shape index (κ2) is 9.06. The van der Waals surface area contributed by atoms with Gasteiger partial charge in [-0.2, -0.15) is 0 Å². The summed E-state index contributed by atoms with van der Waals surface area (Å²) in [6, 6.07) is 0. The number of aliphatic imine (C=N–C) groups is 1. The average molecular weight is 188 g/mol. The smallest absolute Gasteiger partial charge is 0.188 e. The molecular weight excluding hydrogens is 168 g/mol. The number of rotatable bonds is 3. The number of aliphatic hydroxyl groups is 1. The molecule has 0 amide bonds. The van der Waals surface area contributed by atoms with Crippen LogP contribution in [0.15, 0.2) is 16.4 Å². The third kappa shape index (κ3) is 5.25. The van der Waals surface area contributed by atoms with Crippen molar-refractivity contribution in [2.24, 2.45) is 10.7 Å². The van der Waals surface area contributed by atoms with E-state index in [0.29, 0.717) is 17.2 Å². The highest BCUT2D eigenvalue weighted by Crippen LogP contribution is 2.00. The number of nitrogens with two attached hydrogens (primary N) is 1. The lowest BCUT2D eigenvalue weighted by atomic mass is 10.2. The lowest BCUT2D eigenvalue weighted by Crippen LogP contribution is -2.13. The fourth-order valence-corrected chi connectivity index (χ4v) is 0.652. The Morgan fingerprint density at radius 1 is 1.46 bits per heavy atom. The van der Waals surface area contributed by atoms with Crippen molar-refractivity contribution in [3.05, 3.63) is 11.5 Å². The average Bonchev–Trinajstić information content (AvgIpc) is 2.21. The van der Waals surface area contributed by atoms with Gasteiger partial charge in [-0.15, -0.1) is 0 Å². The molecule has 78 valence electrons. The first-order valence-electron chi connectivity index (χ1n) is 4.24. The second-order valence-corrected chi connectivity index (χ2v) is 2.02. The molecule has 0 aromatic rings. The SMILES string of the molecule is CC.CN=C(CO)/C(C)=C(\N)OC. The van der Waals surface area contributed by atoms with E-state index >= 15 is 0 Å². The van der Waals surface area contributed by atoms with Crippen molar-refractivity contribution in [2.75, 3.05) is 20.8 Å². The lowest BCUT2D eigenvalue weighted by Gasteiger charge is -2.05. The third-order valence-electron chi connectivity index (χ3n) is 1.44. The van der Waals surface area contributed by atoms with E-state index in [-0.39, 0.29) is 6.61 Å². The van der Waals surface area contributed by atoms with Crippen LogP contribution in [-0.2, 0) is 4.74 Å². The van der Waals surface area contributed by atoms with Crippen LogP contribution in [0.4, 0.5) is 0 Å². The van der Waals surface area contributed by atoms with Crippen molar-refractivity contribution in [3.63, 3.8) is 0 Å². The molecule has 0 spiro atoms. The molecule has 4 nitrogen and oxygen atoms in total. The number of hydrogen-bond donors (Lipinski definition) is 2. The maximum Gasteiger partial charge on any atom is 0.188 e. The van der Waals surface area contributed by atoms with Crippen LogP contribution >= 0.6 is 0 Å². The van der Waals surface area contributed by atoms with E-state index in [1.54, 1.807) is 14.0 Å². The van der Waals surface area contributed by atoms with Crippen molar-refractivity contribution < 1.29 is 9.84 Å². The van der Waals surface area contributed by atoms with Gasteiger partial charge >= 0.3 is 0 Å². The van der Waals surface area contributed by atoms with Crippen molar-refractivity contribution in [2.45, 2.75) is 20.8 Å². The Morgan fingerprint density at radius 2 is 1.92 bits per heavy atom. The summed E-state index contributed by atoms with van der Waals surface area (Å²) in [5.74, 6) is 0.291. The molecule has 13 heavy (non-hydrogen) atoms. The summed E-state index contributed by atoms with van der Waals surface area (Å²) in [7, 11) is 3.07. The van der Waals surface area contributed by atoms with E-state index in [1.165, 1.54) is 7.11 Å². The normalized spacial score (nSPS) is 12.6. The molecule has 0 aliphatic rings. The van der Waals surface area contributed by atoms with Crippen molar-refractivity contribution in [3.8, 4) is 0 Å². The minimum atomic E-state index is -0.119. The largest absolute Gasteiger partial charge is 0.482 e. The molecule has 4 heteroatoms. The minimum Gasteiger partial charge on any atom is -0.482 e. The van der Waals surface area contributed by atoms with Gasteiger partial charge in [0.15, 0.2) is 5.88 Å². The monoisotopic (exact) mass is 188 g/mol. The van der Waals surface area contributed by atoms with E-state index in [4.69, 9.17) is 15.6 Å². The molecule has 0 bridgehead atoms. The summed E-state index contributed by atoms with van der Waals surface area (Å²) < 4.78 is 4.76. The highest BCUT2D eigenvalue weighted by molar-refractivity contribution is 6.00. The number of nitrogens with zero attached hydrogens (tertiary/aromatic N) is 1. The Morgan fingerprint density at radius 3 is 2.15 bits per heavy atom. The van der Waals surface area contributed by atoms with Gasteiger partial charge in [0.1, 0.15) is 0 Å². The zero-order valence-corrected chi connectivity index (χ0v) is 9.09. The van der Waals surface area contributed by atoms with Crippen LogP contribution in [0.5, 0.6) is 0 Å². The van der Waals surface area contributed by atoms with Gasteiger partial charge in [0.2, 0.25) is 0 Å². The summed E-state index contributed by atoms with van der Waals surface area (Å²) in [5.41, 5.74) is 6.66. The van der Waals surface area contributed by atoms with Crippen molar-refractivity contribution in [1.82, 2.24) is 0 Å². The van der Waals surface area contributed by atoms with Gasteiger partial charge in [-0.3, -0.25) is 4.99 Å². The van der Waals surface area contributed by atoms with Crippen LogP contribution in [0, 0.1) is 0 Å². The first-order chi connectivity index (χ1) is 6.17. The molecule has 0 aromatic heterocycles. The topological polar surface area (TPSA) is 67.8 Å². The predicted molar refractivity (Wildman–Crippen MR) is 55.7 cm³/mol. The maximum atomic E-state index is 8.76. The number of aliphatic hydroxyl groups excluding tert-OH is 1. The molecular formula is C9H20N2O2. The van der Waals surface area contributed by atoms with Gasteiger partial charge in [0.25, 0.3) is 0 Å². The molecule has 0 saturated heterocycles. The zero-order valence-electron chi connectivity index (χ0n) is 9.09. The zero-order chi connectivity index (χ0) is 10.9. The number of ether oxygens (including phenoxy) is 1. The number of hydrogen-bond acceptors (Lipinski definition) is 4. The van der Waals surface area contributed by atoms with E-state index in [1.807, 2.05) is 13.8 Å². The quantitative estimate of drug-likeness (QED) is 0.511. The molecule has 0 fully saturated rings. The second-order valence-electron chi connectivity index (χ2n) is 2.02. The predicted octanol–water partition coefficient (Wildman–Crippen LogP) is 0.912. The van der Waals surface area contributed by atoms with Crippen LogP contribution in [0.2, 0.25) is 0 Å². The summed E-state index contributed by atoms with van der Waals surface area (Å²) in [4.78, 5) is 3.82. The van der Waals surface area contributed by atoms with Crippen LogP contribution in [0.3, 0.4) is 0 Å². The van der Waals surface area contributed by atoms with Gasteiger partial charge in [-0.05, 0) is 6.92 Å². The Hall–Kier alpha value is -1.03. The maximum absolute atomic E-state index is 8.76. The lowest BCUT2D eigenvalue weighted by molar-refractivity contribution is 0.284. The van der Waals surface area contributed by atoms with E-state index in [9.17, 15) is 0 Å². The molecule has 3 N–H and O–H groups in total. The molecule has 0 atom stereocenters. The molecule has 0 aromatic carbocycles. The van der Waals surface area contributed by atoms with Crippen molar-refractivity contribution >= 4 is 5.71 Å². The fourth-order valence-electron chi connectivity index (χ4n) is 0.652. The van der Waals surface area contributed by atoms with Gasteiger partial charge in [-0.25, -0.2) is 0 Å². The highest BCUT2D eigenvalue weighted by Gasteiger charge is 2.03. The third-order valence-corrected chi connectivity index (χ3v) is 1.44. The summed E-state index contributed by atoms with van der Waals surface area (Å²) >= 11 is 0. The molecule has 0 unspecified atom stereocenters. The Balaban J connectivity index is 0. The van der Waals surface area contributed by atoms with E-state index in [0.717, 1.165) is 0 Å². The van der Waals surface area contributed by atoms with E-state index < -0.39 is 0 Å². The highest BCUT2D eigenvalue weighted by atomic mass is 16.5. The van der Waals surface area contributed by atoms with Crippen molar-refractivity contribution in [1.29, 1.82) is 0 Å². The van der Waals surface area contributed by atoms with Crippen LogP contribution in [-0.4, -0.2) is 31.6 Å². The molecule has 0 heterocycles. The first kappa shape index (κ1) is 14.5. The van der Waals surface area contributed by atoms with Crippen LogP contribution in [0.25, 0.3) is 0 Å². The summed E-state index contributed by atoms with van der Waals surface area (Å²) in [6.07, 6.45) is 0. The molecule has 0 rings (SSSR count). The first-order valence-corrected chi connectivity index (χ1v) is 4.24. The van der Waals surface area contributed by atoms with Gasteiger partial charge in [-0.1, -0.05) is 13.8 Å². The summed E-state index contributed by atoms with van der Waals surface area (Å²) in [5, 5.41) is 8.76. The molecule has 0 aliphatic carbocycles. The Labute approximate surface area is 80.1 Å². The van der Waals surface area contributed by atoms with Gasteiger partial charge < -0.3 is 15.6 Å². The van der Waals surface area contributed by atoms with E-state index in [2.05, 4.69) is 4.99 Å². The van der Waals surface area contributed by atoms with Crippen LogP contribution < -0.4 is 5.73 Å². The minimum absolute atomic E-state index is 0.119. The molecule has 0 saturated carbocycles. The molecule has 0 aliphatic heterocycles. The standard InChI is InChI=1S/C7H14N2O2.C2H6/c1-5(7(8)11-3)6(4-10)9-2;1-2/h10H,4,8H2,1-3H3;1-2H3/b7-5+,9-6?;. The Kier molecular flexibility index (Phi) is 10.1. The summed E-state index contributed by atoms with van der Waals surface area (Å²) in [6.45, 7) is 5.63. The number of methoxy groups -OCH3 is 1. The molecule has 0 radical (unpaired) electrons. The Bertz CT molecular complexity index is 186. The van der Waals surface area contributed by atoms with Crippen LogP contribution in [0.1, 0.15) is 20.8 Å². The fraction of sp³-hybridized carbons (Fsp3) is 0.667.